The minimum absolute atomic E-state index is 0.689. The summed E-state index contributed by atoms with van der Waals surface area (Å²) in [6.45, 7) is 6.17. The van der Waals surface area contributed by atoms with Gasteiger partial charge in [0, 0.05) is 26.8 Å². The van der Waals surface area contributed by atoms with Crippen molar-refractivity contribution >= 4 is 8.56 Å². The van der Waals surface area contributed by atoms with Crippen LogP contribution in [0.25, 0.3) is 0 Å². The average Bonchev–Trinajstić information content (AvgIpc) is 2.34. The summed E-state index contributed by atoms with van der Waals surface area (Å²) in [5, 5.41) is 3.28. The maximum Gasteiger partial charge on any atom is 0.334 e. The second-order valence-electron chi connectivity index (χ2n) is 4.32. The van der Waals surface area contributed by atoms with Crippen molar-refractivity contribution in [1.82, 2.24) is 5.32 Å². The molecule has 1 unspecified atom stereocenters. The first kappa shape index (κ1) is 17.0. The fourth-order valence-electron chi connectivity index (χ4n) is 1.53. The molecule has 0 heterocycles. The van der Waals surface area contributed by atoms with Crippen LogP contribution in [0.3, 0.4) is 0 Å². The highest BCUT2D eigenvalue weighted by Gasteiger charge is 2.29. The summed E-state index contributed by atoms with van der Waals surface area (Å²) < 4.78 is 11.5. The molecule has 0 aromatic heterocycles. The summed E-state index contributed by atoms with van der Waals surface area (Å²) in [5.41, 5.74) is 10.8. The molecule has 0 aliphatic rings. The molecule has 0 aliphatic heterocycles. The third-order valence-electron chi connectivity index (χ3n) is 2.74. The first-order valence-corrected chi connectivity index (χ1v) is 9.01. The van der Waals surface area contributed by atoms with Crippen LogP contribution < -0.4 is 16.8 Å². The SMILES string of the molecule is CO[Si](C)(CCCNCCN)OCCCCN. The van der Waals surface area contributed by atoms with E-state index in [1.54, 1.807) is 7.11 Å². The number of unbranched alkanes of at least 4 members (excludes halogenated alkanes) is 1. The third-order valence-corrected chi connectivity index (χ3v) is 5.68. The Morgan fingerprint density at radius 3 is 2.41 bits per heavy atom. The first-order valence-electron chi connectivity index (χ1n) is 6.48. The van der Waals surface area contributed by atoms with Crippen LogP contribution in [0.5, 0.6) is 0 Å². The van der Waals surface area contributed by atoms with Crippen molar-refractivity contribution in [3.8, 4) is 0 Å². The van der Waals surface area contributed by atoms with Gasteiger partial charge in [0.05, 0.1) is 0 Å². The monoisotopic (exact) mass is 263 g/mol. The van der Waals surface area contributed by atoms with E-state index in [0.717, 1.165) is 51.5 Å². The molecule has 0 spiro atoms. The minimum Gasteiger partial charge on any atom is -0.398 e. The molecule has 0 saturated carbocycles. The van der Waals surface area contributed by atoms with Gasteiger partial charge in [-0.1, -0.05) is 0 Å². The Morgan fingerprint density at radius 1 is 1.06 bits per heavy atom. The fourth-order valence-corrected chi connectivity index (χ4v) is 3.39. The van der Waals surface area contributed by atoms with E-state index in [2.05, 4.69) is 11.9 Å². The highest BCUT2D eigenvalue weighted by molar-refractivity contribution is 6.65. The normalized spacial score (nSPS) is 14.8. The lowest BCUT2D eigenvalue weighted by atomic mass is 10.3. The molecule has 0 aromatic carbocycles. The molecule has 17 heavy (non-hydrogen) atoms. The van der Waals surface area contributed by atoms with Gasteiger partial charge >= 0.3 is 8.56 Å². The predicted octanol–water partition coefficient (Wildman–Crippen LogP) is 0.399. The van der Waals surface area contributed by atoms with Crippen LogP contribution in [0.15, 0.2) is 0 Å². The summed E-state index contributed by atoms with van der Waals surface area (Å²) in [6, 6.07) is 1.02. The summed E-state index contributed by atoms with van der Waals surface area (Å²) >= 11 is 0. The Hall–Kier alpha value is 0.0169. The second kappa shape index (κ2) is 11.1. The topological polar surface area (TPSA) is 82.5 Å². The Labute approximate surface area is 106 Å². The molecule has 5 nitrogen and oxygen atoms in total. The van der Waals surface area contributed by atoms with Gasteiger partial charge in [-0.25, -0.2) is 0 Å². The smallest absolute Gasteiger partial charge is 0.334 e. The maximum absolute atomic E-state index is 5.90. The largest absolute Gasteiger partial charge is 0.398 e. The summed E-state index contributed by atoms with van der Waals surface area (Å²) in [6.07, 6.45) is 3.12. The zero-order valence-electron chi connectivity index (χ0n) is 11.3. The van der Waals surface area contributed by atoms with Gasteiger partial charge in [0.2, 0.25) is 0 Å². The molecule has 0 bridgehead atoms. The van der Waals surface area contributed by atoms with Crippen molar-refractivity contribution in [3.63, 3.8) is 0 Å². The Morgan fingerprint density at radius 2 is 1.82 bits per heavy atom. The Kier molecular flexibility index (Phi) is 11.1. The molecule has 0 aromatic rings. The van der Waals surface area contributed by atoms with Gasteiger partial charge < -0.3 is 25.6 Å². The molecular formula is C11H29N3O2Si. The lowest BCUT2D eigenvalue weighted by molar-refractivity contribution is 0.200. The molecular weight excluding hydrogens is 234 g/mol. The van der Waals surface area contributed by atoms with Gasteiger partial charge in [0.25, 0.3) is 0 Å². The molecule has 0 rings (SSSR count). The number of nitrogens with two attached hydrogens (primary N) is 2. The molecule has 6 heteroatoms. The summed E-state index contributed by atoms with van der Waals surface area (Å²) in [4.78, 5) is 0. The van der Waals surface area contributed by atoms with Crippen molar-refractivity contribution in [2.75, 3.05) is 39.9 Å². The van der Waals surface area contributed by atoms with Crippen LogP contribution in [-0.4, -0.2) is 48.5 Å². The summed E-state index contributed by atoms with van der Waals surface area (Å²) in [5.74, 6) is 0. The number of hydrogen-bond acceptors (Lipinski definition) is 5. The fraction of sp³-hybridized carbons (Fsp3) is 1.00. The lowest BCUT2D eigenvalue weighted by Gasteiger charge is -2.25. The highest BCUT2D eigenvalue weighted by Crippen LogP contribution is 2.15. The van der Waals surface area contributed by atoms with E-state index in [1.165, 1.54) is 0 Å². The van der Waals surface area contributed by atoms with Crippen LogP contribution in [0.2, 0.25) is 12.6 Å². The molecule has 1 atom stereocenters. The zero-order chi connectivity index (χ0) is 13.0. The molecule has 0 saturated heterocycles. The van der Waals surface area contributed by atoms with Crippen molar-refractivity contribution in [2.24, 2.45) is 11.5 Å². The first-order chi connectivity index (χ1) is 8.18. The van der Waals surface area contributed by atoms with Crippen LogP contribution in [0, 0.1) is 0 Å². The third kappa shape index (κ3) is 9.69. The molecule has 5 N–H and O–H groups in total. The van der Waals surface area contributed by atoms with Gasteiger partial charge in [-0.05, 0) is 44.9 Å². The van der Waals surface area contributed by atoms with Crippen molar-refractivity contribution in [2.45, 2.75) is 31.9 Å². The maximum atomic E-state index is 5.90. The van der Waals surface area contributed by atoms with E-state index in [-0.39, 0.29) is 0 Å². The van der Waals surface area contributed by atoms with Crippen LogP contribution >= 0.6 is 0 Å². The van der Waals surface area contributed by atoms with Gasteiger partial charge in [0.15, 0.2) is 0 Å². The molecule has 0 aliphatic carbocycles. The predicted molar refractivity (Wildman–Crippen MR) is 74.2 cm³/mol. The van der Waals surface area contributed by atoms with Crippen LogP contribution in [0.1, 0.15) is 19.3 Å². The quantitative estimate of drug-likeness (QED) is 0.351. The second-order valence-corrected chi connectivity index (χ2v) is 7.79. The van der Waals surface area contributed by atoms with Crippen molar-refractivity contribution < 1.29 is 8.85 Å². The molecule has 0 amide bonds. The standard InChI is InChI=1S/C11H29N3O2Si/c1-15-17(2,16-10-4-3-6-12)11-5-8-14-9-7-13/h14H,3-13H2,1-2H3. The molecule has 0 fully saturated rings. The number of rotatable bonds is 12. The Balaban J connectivity index is 3.61. The summed E-state index contributed by atoms with van der Waals surface area (Å²) in [7, 11) is -0.193. The van der Waals surface area contributed by atoms with Crippen molar-refractivity contribution in [1.29, 1.82) is 0 Å². The average molecular weight is 263 g/mol. The van der Waals surface area contributed by atoms with Gasteiger partial charge in [-0.2, -0.15) is 0 Å². The van der Waals surface area contributed by atoms with E-state index in [1.807, 2.05) is 0 Å². The zero-order valence-corrected chi connectivity index (χ0v) is 12.3. The molecule has 104 valence electrons. The highest BCUT2D eigenvalue weighted by atomic mass is 28.4. The minimum atomic E-state index is -1.95. The van der Waals surface area contributed by atoms with E-state index < -0.39 is 8.56 Å². The van der Waals surface area contributed by atoms with Crippen LogP contribution in [0.4, 0.5) is 0 Å². The number of hydrogen-bond donors (Lipinski definition) is 3. The van der Waals surface area contributed by atoms with Gasteiger partial charge in [0.1, 0.15) is 0 Å². The lowest BCUT2D eigenvalue weighted by Crippen LogP contribution is -2.38. The van der Waals surface area contributed by atoms with E-state index in [4.69, 9.17) is 20.3 Å². The van der Waals surface area contributed by atoms with Gasteiger partial charge in [-0.15, -0.1) is 0 Å². The van der Waals surface area contributed by atoms with Crippen molar-refractivity contribution in [3.05, 3.63) is 0 Å². The van der Waals surface area contributed by atoms with Gasteiger partial charge in [-0.3, -0.25) is 0 Å². The van der Waals surface area contributed by atoms with E-state index in [9.17, 15) is 0 Å². The Bertz CT molecular complexity index is 175. The van der Waals surface area contributed by atoms with E-state index in [0.29, 0.717) is 6.54 Å². The number of nitrogens with one attached hydrogen (secondary N) is 1. The molecule has 0 radical (unpaired) electrons. The van der Waals surface area contributed by atoms with Crippen LogP contribution in [-0.2, 0) is 8.85 Å². The van der Waals surface area contributed by atoms with E-state index >= 15 is 0 Å².